The van der Waals surface area contributed by atoms with Crippen molar-refractivity contribution in [2.45, 2.75) is 19.9 Å². The van der Waals surface area contributed by atoms with E-state index in [1.807, 2.05) is 62.4 Å². The molecule has 6 nitrogen and oxygen atoms in total. The van der Waals surface area contributed by atoms with Gasteiger partial charge in [0.05, 0.1) is 28.4 Å². The number of aromatic nitrogens is 2. The van der Waals surface area contributed by atoms with Crippen molar-refractivity contribution in [1.82, 2.24) is 14.7 Å². The molecule has 2 aromatic carbocycles. The number of aryl methyl sites for hydroxylation is 1. The van der Waals surface area contributed by atoms with E-state index >= 15 is 0 Å². The third-order valence-corrected chi connectivity index (χ3v) is 4.98. The van der Waals surface area contributed by atoms with Crippen molar-refractivity contribution in [2.24, 2.45) is 0 Å². The number of rotatable bonds is 5. The first-order valence-electron chi connectivity index (χ1n) is 9.54. The number of para-hydroxylation sites is 1. The Morgan fingerprint density at radius 3 is 2.66 bits per heavy atom. The van der Waals surface area contributed by atoms with Crippen molar-refractivity contribution in [3.8, 4) is 22.6 Å². The minimum absolute atomic E-state index is 0.131. The van der Waals surface area contributed by atoms with Crippen LogP contribution in [0.5, 0.6) is 5.75 Å². The van der Waals surface area contributed by atoms with Crippen LogP contribution >= 0.6 is 0 Å². The molecule has 0 atom stereocenters. The first-order chi connectivity index (χ1) is 14.0. The van der Waals surface area contributed by atoms with Crippen LogP contribution in [0.25, 0.3) is 27.8 Å². The molecule has 0 saturated heterocycles. The van der Waals surface area contributed by atoms with Crippen molar-refractivity contribution < 1.29 is 9.52 Å². The highest BCUT2D eigenvalue weighted by Crippen LogP contribution is 2.32. The standard InChI is InChI=1S/C23H23N3O3/c1-4-15-10-18-22(28)20(14-29-23(18)19(21(15)27)13-25(2)3)16-11-24-26(12-16)17-8-6-5-7-9-17/h5-12,14,27H,4,13H2,1-3H3. The molecule has 0 saturated carbocycles. The molecule has 0 aliphatic rings. The van der Waals surface area contributed by atoms with E-state index in [-0.39, 0.29) is 11.2 Å². The molecule has 0 bridgehead atoms. The lowest BCUT2D eigenvalue weighted by Gasteiger charge is -2.15. The number of fused-ring (bicyclic) bond motifs is 1. The first kappa shape index (κ1) is 19.0. The summed E-state index contributed by atoms with van der Waals surface area (Å²) >= 11 is 0. The molecule has 0 aliphatic carbocycles. The van der Waals surface area contributed by atoms with Gasteiger partial charge in [-0.15, -0.1) is 0 Å². The molecule has 1 N–H and O–H groups in total. The number of nitrogens with zero attached hydrogens (tertiary/aromatic N) is 3. The van der Waals surface area contributed by atoms with Crippen LogP contribution in [-0.4, -0.2) is 33.9 Å². The Kier molecular flexibility index (Phi) is 4.94. The molecule has 0 radical (unpaired) electrons. The topological polar surface area (TPSA) is 71.5 Å². The van der Waals surface area contributed by atoms with Crippen LogP contribution in [0, 0.1) is 0 Å². The quantitative estimate of drug-likeness (QED) is 0.559. The van der Waals surface area contributed by atoms with Gasteiger partial charge in [0.2, 0.25) is 5.43 Å². The van der Waals surface area contributed by atoms with Gasteiger partial charge in [-0.3, -0.25) is 4.79 Å². The predicted octanol–water partition coefficient (Wildman–Crippen LogP) is 3.98. The summed E-state index contributed by atoms with van der Waals surface area (Å²) in [5, 5.41) is 15.5. The highest BCUT2D eigenvalue weighted by atomic mass is 16.3. The second-order valence-corrected chi connectivity index (χ2v) is 7.32. The number of benzene rings is 2. The van der Waals surface area contributed by atoms with Crippen LogP contribution in [0.2, 0.25) is 0 Å². The fourth-order valence-electron chi connectivity index (χ4n) is 3.51. The van der Waals surface area contributed by atoms with Gasteiger partial charge in [0.1, 0.15) is 17.6 Å². The zero-order valence-corrected chi connectivity index (χ0v) is 16.7. The number of hydrogen-bond acceptors (Lipinski definition) is 5. The van der Waals surface area contributed by atoms with Crippen LogP contribution in [0.15, 0.2) is 64.3 Å². The molecule has 0 unspecified atom stereocenters. The Labute approximate surface area is 168 Å². The fourth-order valence-corrected chi connectivity index (χ4v) is 3.51. The van der Waals surface area contributed by atoms with Crippen molar-refractivity contribution in [3.63, 3.8) is 0 Å². The van der Waals surface area contributed by atoms with Crippen molar-refractivity contribution >= 4 is 11.0 Å². The van der Waals surface area contributed by atoms with Crippen molar-refractivity contribution in [2.75, 3.05) is 14.1 Å². The summed E-state index contributed by atoms with van der Waals surface area (Å²) in [6, 6.07) is 11.4. The molecular formula is C23H23N3O3. The predicted molar refractivity (Wildman–Crippen MR) is 113 cm³/mol. The maximum absolute atomic E-state index is 13.3. The van der Waals surface area contributed by atoms with E-state index in [1.54, 1.807) is 16.9 Å². The monoisotopic (exact) mass is 389 g/mol. The summed E-state index contributed by atoms with van der Waals surface area (Å²) in [5.74, 6) is 0.196. The number of aromatic hydroxyl groups is 1. The van der Waals surface area contributed by atoms with Crippen molar-refractivity contribution in [1.29, 1.82) is 0 Å². The van der Waals surface area contributed by atoms with Gasteiger partial charge in [-0.25, -0.2) is 4.68 Å². The highest BCUT2D eigenvalue weighted by Gasteiger charge is 2.19. The molecule has 0 spiro atoms. The molecule has 2 heterocycles. The molecule has 6 heteroatoms. The van der Waals surface area contributed by atoms with Gasteiger partial charge in [0.15, 0.2) is 0 Å². The van der Waals surface area contributed by atoms with Gasteiger partial charge in [0, 0.05) is 18.3 Å². The largest absolute Gasteiger partial charge is 0.507 e. The van der Waals surface area contributed by atoms with E-state index in [2.05, 4.69) is 5.10 Å². The second kappa shape index (κ2) is 7.56. The minimum atomic E-state index is -0.131. The molecule has 29 heavy (non-hydrogen) atoms. The minimum Gasteiger partial charge on any atom is -0.507 e. The summed E-state index contributed by atoms with van der Waals surface area (Å²) < 4.78 is 7.61. The third kappa shape index (κ3) is 3.43. The van der Waals surface area contributed by atoms with Crippen LogP contribution in [-0.2, 0) is 13.0 Å². The van der Waals surface area contributed by atoms with E-state index in [1.165, 1.54) is 6.26 Å². The number of phenolic OH excluding ortho intramolecular Hbond substituents is 1. The summed E-state index contributed by atoms with van der Waals surface area (Å²) in [6.07, 6.45) is 5.56. The van der Waals surface area contributed by atoms with Crippen LogP contribution < -0.4 is 5.43 Å². The lowest BCUT2D eigenvalue weighted by molar-refractivity contribution is 0.382. The molecule has 148 valence electrons. The van der Waals surface area contributed by atoms with E-state index in [9.17, 15) is 9.90 Å². The molecule has 4 aromatic rings. The average molecular weight is 389 g/mol. The molecule has 2 aromatic heterocycles. The normalized spacial score (nSPS) is 11.4. The van der Waals surface area contributed by atoms with Crippen LogP contribution in [0.4, 0.5) is 0 Å². The van der Waals surface area contributed by atoms with Gasteiger partial charge in [-0.05, 0) is 44.3 Å². The Balaban J connectivity index is 1.88. The summed E-state index contributed by atoms with van der Waals surface area (Å²) in [7, 11) is 3.82. The number of hydrogen-bond donors (Lipinski definition) is 1. The smallest absolute Gasteiger partial charge is 0.200 e. The van der Waals surface area contributed by atoms with E-state index in [4.69, 9.17) is 4.42 Å². The van der Waals surface area contributed by atoms with Gasteiger partial charge in [-0.2, -0.15) is 5.10 Å². The molecule has 0 amide bonds. The highest BCUT2D eigenvalue weighted by molar-refractivity contribution is 5.86. The zero-order chi connectivity index (χ0) is 20.5. The fraction of sp³-hybridized carbons (Fsp3) is 0.217. The van der Waals surface area contributed by atoms with Crippen molar-refractivity contribution in [3.05, 3.63) is 76.4 Å². The molecule has 0 fully saturated rings. The molecular weight excluding hydrogens is 366 g/mol. The van der Waals surface area contributed by atoms with E-state index < -0.39 is 0 Å². The van der Waals surface area contributed by atoms with Gasteiger partial charge < -0.3 is 14.4 Å². The van der Waals surface area contributed by atoms with Gasteiger partial charge in [-0.1, -0.05) is 25.1 Å². The summed E-state index contributed by atoms with van der Waals surface area (Å²) in [5.41, 5.74) is 3.71. The lowest BCUT2D eigenvalue weighted by Crippen LogP contribution is -2.13. The molecule has 0 aliphatic heterocycles. The first-order valence-corrected chi connectivity index (χ1v) is 9.54. The number of phenols is 1. The van der Waals surface area contributed by atoms with E-state index in [0.29, 0.717) is 40.6 Å². The van der Waals surface area contributed by atoms with E-state index in [0.717, 1.165) is 11.3 Å². The van der Waals surface area contributed by atoms with Crippen LogP contribution in [0.3, 0.4) is 0 Å². The van der Waals surface area contributed by atoms with Crippen LogP contribution in [0.1, 0.15) is 18.1 Å². The van der Waals surface area contributed by atoms with Gasteiger partial charge in [0.25, 0.3) is 0 Å². The maximum Gasteiger partial charge on any atom is 0.200 e. The van der Waals surface area contributed by atoms with Gasteiger partial charge >= 0.3 is 0 Å². The third-order valence-electron chi connectivity index (χ3n) is 4.98. The zero-order valence-electron chi connectivity index (χ0n) is 16.7. The average Bonchev–Trinajstić information content (AvgIpc) is 3.20. The summed E-state index contributed by atoms with van der Waals surface area (Å²) in [4.78, 5) is 15.2. The lowest BCUT2D eigenvalue weighted by atomic mass is 10.00. The second-order valence-electron chi connectivity index (χ2n) is 7.32. The Morgan fingerprint density at radius 2 is 1.97 bits per heavy atom. The SMILES string of the molecule is CCc1cc2c(=O)c(-c3cnn(-c4ccccc4)c3)coc2c(CN(C)C)c1O. The maximum atomic E-state index is 13.3. The summed E-state index contributed by atoms with van der Waals surface area (Å²) in [6.45, 7) is 2.43. The molecule has 4 rings (SSSR count). The Morgan fingerprint density at radius 1 is 1.21 bits per heavy atom. The Hall–Kier alpha value is -3.38. The Bertz CT molecular complexity index is 1220.